The molecule has 0 saturated heterocycles. The molecule has 0 spiro atoms. The molecule has 10 heteroatoms. The van der Waals surface area contributed by atoms with Gasteiger partial charge in [0.05, 0.1) is 31.3 Å². The standard InChI is InChI=1S/C13H12Cl2N2O4S2/c14-9-6-13(10(15)5-11(9)16)22(18,19)7-8-3-1-2-4-12(8)23(17,20)21/h1-6H,7,16H2,(H2,17,20,21). The van der Waals surface area contributed by atoms with Gasteiger partial charge in [-0.25, -0.2) is 22.0 Å². The molecule has 2 aromatic carbocycles. The normalized spacial score (nSPS) is 12.3. The number of rotatable bonds is 4. The molecular formula is C13H12Cl2N2O4S2. The molecule has 0 fully saturated rings. The fourth-order valence-corrected chi connectivity index (χ4v) is 5.05. The van der Waals surface area contributed by atoms with Gasteiger partial charge in [-0.05, 0) is 23.8 Å². The van der Waals surface area contributed by atoms with E-state index in [1.165, 1.54) is 30.3 Å². The van der Waals surface area contributed by atoms with Crippen molar-refractivity contribution in [2.24, 2.45) is 5.14 Å². The van der Waals surface area contributed by atoms with Crippen molar-refractivity contribution >= 4 is 48.7 Å². The molecule has 0 aromatic heterocycles. The van der Waals surface area contributed by atoms with E-state index < -0.39 is 25.6 Å². The molecule has 0 heterocycles. The second kappa shape index (κ2) is 6.29. The quantitative estimate of drug-likeness (QED) is 0.769. The summed E-state index contributed by atoms with van der Waals surface area (Å²) in [4.78, 5) is -0.496. The van der Waals surface area contributed by atoms with Gasteiger partial charge in [-0.15, -0.1) is 0 Å². The molecule has 0 aliphatic heterocycles. The maximum absolute atomic E-state index is 12.5. The Hall–Kier alpha value is -1.32. The first-order chi connectivity index (χ1) is 10.5. The van der Waals surface area contributed by atoms with Gasteiger partial charge in [-0.1, -0.05) is 41.4 Å². The van der Waals surface area contributed by atoms with Gasteiger partial charge in [-0.3, -0.25) is 0 Å². The van der Waals surface area contributed by atoms with Crippen molar-refractivity contribution in [3.8, 4) is 0 Å². The van der Waals surface area contributed by atoms with Crippen LogP contribution in [0.5, 0.6) is 0 Å². The van der Waals surface area contributed by atoms with Gasteiger partial charge < -0.3 is 5.73 Å². The Balaban J connectivity index is 2.55. The van der Waals surface area contributed by atoms with E-state index in [0.717, 1.165) is 6.07 Å². The summed E-state index contributed by atoms with van der Waals surface area (Å²) in [7, 11) is -8.01. The van der Waals surface area contributed by atoms with Gasteiger partial charge in [0.2, 0.25) is 10.0 Å². The molecule has 0 unspecified atom stereocenters. The molecule has 0 saturated carbocycles. The van der Waals surface area contributed by atoms with Crippen LogP contribution in [-0.4, -0.2) is 16.8 Å². The van der Waals surface area contributed by atoms with E-state index in [1.807, 2.05) is 0 Å². The summed E-state index contributed by atoms with van der Waals surface area (Å²) in [6, 6.07) is 7.92. The maximum Gasteiger partial charge on any atom is 0.238 e. The van der Waals surface area contributed by atoms with Crippen LogP contribution >= 0.6 is 23.2 Å². The fourth-order valence-electron chi connectivity index (χ4n) is 1.97. The zero-order valence-electron chi connectivity index (χ0n) is 11.5. The summed E-state index contributed by atoms with van der Waals surface area (Å²) in [5.74, 6) is -0.598. The molecule has 0 amide bonds. The van der Waals surface area contributed by atoms with E-state index >= 15 is 0 Å². The molecule has 4 N–H and O–H groups in total. The van der Waals surface area contributed by atoms with Crippen LogP contribution in [0.2, 0.25) is 10.0 Å². The first kappa shape index (κ1) is 18.0. The summed E-state index contributed by atoms with van der Waals surface area (Å²) in [5, 5.41) is 5.04. The Morgan fingerprint density at radius 1 is 0.913 bits per heavy atom. The highest BCUT2D eigenvalue weighted by atomic mass is 35.5. The molecule has 0 atom stereocenters. The van der Waals surface area contributed by atoms with Crippen LogP contribution in [0.4, 0.5) is 5.69 Å². The average Bonchev–Trinajstić information content (AvgIpc) is 2.41. The highest BCUT2D eigenvalue weighted by Crippen LogP contribution is 2.32. The lowest BCUT2D eigenvalue weighted by atomic mass is 10.2. The minimum atomic E-state index is -4.06. The molecular weight excluding hydrogens is 383 g/mol. The summed E-state index contributed by atoms with van der Waals surface area (Å²) in [6.07, 6.45) is 0. The predicted molar refractivity (Wildman–Crippen MR) is 89.6 cm³/mol. The molecule has 2 rings (SSSR count). The Kier molecular flexibility index (Phi) is 4.93. The summed E-state index contributed by atoms with van der Waals surface area (Å²) in [5.41, 5.74) is 5.74. The number of halogens is 2. The van der Waals surface area contributed by atoms with Crippen LogP contribution in [0.3, 0.4) is 0 Å². The summed E-state index contributed by atoms with van der Waals surface area (Å²) < 4.78 is 48.2. The van der Waals surface area contributed by atoms with Gasteiger partial charge in [0, 0.05) is 0 Å². The molecule has 0 bridgehead atoms. The minimum Gasteiger partial charge on any atom is -0.397 e. The molecule has 0 aliphatic carbocycles. The van der Waals surface area contributed by atoms with E-state index in [1.54, 1.807) is 0 Å². The van der Waals surface area contributed by atoms with E-state index in [0.29, 0.717) is 0 Å². The Bertz CT molecular complexity index is 973. The topological polar surface area (TPSA) is 120 Å². The number of primary sulfonamides is 1. The van der Waals surface area contributed by atoms with Crippen molar-refractivity contribution in [2.45, 2.75) is 15.5 Å². The van der Waals surface area contributed by atoms with E-state index in [9.17, 15) is 16.8 Å². The third-order valence-electron chi connectivity index (χ3n) is 3.01. The third kappa shape index (κ3) is 3.96. The SMILES string of the molecule is Nc1cc(Cl)c(S(=O)(=O)Cc2ccccc2S(N)(=O)=O)cc1Cl. The smallest absolute Gasteiger partial charge is 0.238 e. The second-order valence-electron chi connectivity index (χ2n) is 4.72. The minimum absolute atomic E-state index is 0.0349. The molecule has 23 heavy (non-hydrogen) atoms. The van der Waals surface area contributed by atoms with Crippen LogP contribution in [0.1, 0.15) is 5.56 Å². The van der Waals surface area contributed by atoms with Crippen LogP contribution in [-0.2, 0) is 25.6 Å². The highest BCUT2D eigenvalue weighted by Gasteiger charge is 2.24. The van der Waals surface area contributed by atoms with Crippen molar-refractivity contribution in [2.75, 3.05) is 5.73 Å². The molecule has 124 valence electrons. The number of nitrogens with two attached hydrogens (primary N) is 2. The number of nitrogen functional groups attached to an aromatic ring is 1. The van der Waals surface area contributed by atoms with Crippen LogP contribution in [0.15, 0.2) is 46.2 Å². The molecule has 2 aromatic rings. The third-order valence-corrected chi connectivity index (χ3v) is 6.47. The van der Waals surface area contributed by atoms with E-state index in [-0.39, 0.29) is 31.1 Å². The van der Waals surface area contributed by atoms with Gasteiger partial charge in [0.15, 0.2) is 9.84 Å². The number of hydrogen-bond donors (Lipinski definition) is 2. The van der Waals surface area contributed by atoms with Gasteiger partial charge in [0.1, 0.15) is 0 Å². The zero-order chi connectivity index (χ0) is 17.4. The second-order valence-corrected chi connectivity index (χ2v) is 9.02. The van der Waals surface area contributed by atoms with Crippen LogP contribution < -0.4 is 10.9 Å². The predicted octanol–water partition coefficient (Wildman–Crippen LogP) is 2.20. The van der Waals surface area contributed by atoms with Gasteiger partial charge in [0.25, 0.3) is 0 Å². The Labute approximate surface area is 144 Å². The van der Waals surface area contributed by atoms with Crippen molar-refractivity contribution < 1.29 is 16.8 Å². The number of benzene rings is 2. The summed E-state index contributed by atoms with van der Waals surface area (Å²) >= 11 is 11.8. The van der Waals surface area contributed by atoms with Crippen molar-refractivity contribution in [3.63, 3.8) is 0 Å². The monoisotopic (exact) mass is 394 g/mol. The molecule has 6 nitrogen and oxygen atoms in total. The Morgan fingerprint density at radius 3 is 2.13 bits per heavy atom. The molecule has 0 radical (unpaired) electrons. The summed E-state index contributed by atoms with van der Waals surface area (Å²) in [6.45, 7) is 0. The largest absolute Gasteiger partial charge is 0.397 e. The van der Waals surface area contributed by atoms with Crippen molar-refractivity contribution in [1.29, 1.82) is 0 Å². The average molecular weight is 395 g/mol. The number of sulfonamides is 1. The van der Waals surface area contributed by atoms with E-state index in [4.69, 9.17) is 34.1 Å². The number of hydrogen-bond acceptors (Lipinski definition) is 5. The first-order valence-electron chi connectivity index (χ1n) is 6.10. The number of sulfone groups is 1. The lowest BCUT2D eigenvalue weighted by molar-refractivity contribution is 0.593. The fraction of sp³-hybridized carbons (Fsp3) is 0.0769. The van der Waals surface area contributed by atoms with E-state index in [2.05, 4.69) is 0 Å². The lowest BCUT2D eigenvalue weighted by Gasteiger charge is -2.11. The van der Waals surface area contributed by atoms with Gasteiger partial charge >= 0.3 is 0 Å². The van der Waals surface area contributed by atoms with Crippen LogP contribution in [0.25, 0.3) is 0 Å². The number of anilines is 1. The van der Waals surface area contributed by atoms with Crippen LogP contribution in [0, 0.1) is 0 Å². The van der Waals surface area contributed by atoms with Crippen molar-refractivity contribution in [3.05, 3.63) is 52.0 Å². The zero-order valence-corrected chi connectivity index (χ0v) is 14.7. The Morgan fingerprint density at radius 2 is 1.52 bits per heavy atom. The van der Waals surface area contributed by atoms with Gasteiger partial charge in [-0.2, -0.15) is 0 Å². The first-order valence-corrected chi connectivity index (χ1v) is 10.1. The maximum atomic E-state index is 12.5. The van der Waals surface area contributed by atoms with Crippen molar-refractivity contribution in [1.82, 2.24) is 0 Å². The highest BCUT2D eigenvalue weighted by molar-refractivity contribution is 7.91. The lowest BCUT2D eigenvalue weighted by Crippen LogP contribution is -2.16. The molecule has 0 aliphatic rings.